The van der Waals surface area contributed by atoms with Crippen LogP contribution in [0.25, 0.3) is 0 Å². The number of hydrogen-bond acceptors (Lipinski definition) is 4. The molecule has 0 radical (unpaired) electrons. The SMILES string of the molecule is COCCCNC(=O)CNCC(C)(C)C(N)=O. The molecular weight excluding hydrogens is 222 g/mol. The molecule has 0 aliphatic heterocycles. The zero-order chi connectivity index (χ0) is 13.3. The zero-order valence-corrected chi connectivity index (χ0v) is 10.8. The van der Waals surface area contributed by atoms with Crippen LogP contribution in [0.4, 0.5) is 0 Å². The lowest BCUT2D eigenvalue weighted by Gasteiger charge is -2.20. The molecule has 100 valence electrons. The van der Waals surface area contributed by atoms with E-state index >= 15 is 0 Å². The van der Waals surface area contributed by atoms with E-state index in [9.17, 15) is 9.59 Å². The van der Waals surface area contributed by atoms with E-state index in [1.807, 2.05) is 0 Å². The molecule has 0 heterocycles. The van der Waals surface area contributed by atoms with Gasteiger partial charge in [-0.15, -0.1) is 0 Å². The van der Waals surface area contributed by atoms with Gasteiger partial charge in [0.2, 0.25) is 11.8 Å². The van der Waals surface area contributed by atoms with Crippen molar-refractivity contribution in [2.75, 3.05) is 33.4 Å². The standard InChI is InChI=1S/C11H23N3O3/c1-11(2,10(12)16)8-13-7-9(15)14-5-4-6-17-3/h13H,4-8H2,1-3H3,(H2,12,16)(H,14,15). The first-order valence-electron chi connectivity index (χ1n) is 5.66. The molecule has 6 heteroatoms. The smallest absolute Gasteiger partial charge is 0.233 e. The van der Waals surface area contributed by atoms with Crippen LogP contribution < -0.4 is 16.4 Å². The van der Waals surface area contributed by atoms with E-state index in [4.69, 9.17) is 10.5 Å². The summed E-state index contributed by atoms with van der Waals surface area (Å²) in [5.74, 6) is -0.480. The summed E-state index contributed by atoms with van der Waals surface area (Å²) in [6, 6.07) is 0. The lowest BCUT2D eigenvalue weighted by Crippen LogP contribution is -2.43. The summed E-state index contributed by atoms with van der Waals surface area (Å²) >= 11 is 0. The molecule has 0 aromatic carbocycles. The number of ether oxygens (including phenoxy) is 1. The summed E-state index contributed by atoms with van der Waals surface area (Å²) < 4.78 is 4.86. The first kappa shape index (κ1) is 15.9. The van der Waals surface area contributed by atoms with E-state index in [0.717, 1.165) is 6.42 Å². The van der Waals surface area contributed by atoms with Crippen LogP contribution in [0.2, 0.25) is 0 Å². The molecule has 0 unspecified atom stereocenters. The summed E-state index contributed by atoms with van der Waals surface area (Å²) in [7, 11) is 1.62. The zero-order valence-electron chi connectivity index (χ0n) is 10.8. The van der Waals surface area contributed by atoms with E-state index < -0.39 is 5.41 Å². The highest BCUT2D eigenvalue weighted by atomic mass is 16.5. The summed E-state index contributed by atoms with van der Waals surface area (Å²) in [5, 5.41) is 5.64. The minimum Gasteiger partial charge on any atom is -0.385 e. The number of nitrogens with two attached hydrogens (primary N) is 1. The van der Waals surface area contributed by atoms with Crippen LogP contribution in [0.15, 0.2) is 0 Å². The number of methoxy groups -OCH3 is 1. The van der Waals surface area contributed by atoms with E-state index in [1.54, 1.807) is 21.0 Å². The Kier molecular flexibility index (Phi) is 7.49. The third-order valence-corrected chi connectivity index (χ3v) is 2.37. The predicted octanol–water partition coefficient (Wildman–Crippen LogP) is -0.760. The van der Waals surface area contributed by atoms with Gasteiger partial charge in [-0.25, -0.2) is 0 Å². The second-order valence-corrected chi connectivity index (χ2v) is 4.55. The van der Waals surface area contributed by atoms with Gasteiger partial charge < -0.3 is 21.1 Å². The maximum Gasteiger partial charge on any atom is 0.233 e. The topological polar surface area (TPSA) is 93.4 Å². The van der Waals surface area contributed by atoms with E-state index in [1.165, 1.54) is 0 Å². The normalized spacial score (nSPS) is 11.2. The van der Waals surface area contributed by atoms with E-state index in [-0.39, 0.29) is 18.4 Å². The molecule has 0 aliphatic carbocycles. The molecule has 0 rings (SSSR count). The van der Waals surface area contributed by atoms with Crippen molar-refractivity contribution in [2.24, 2.45) is 11.1 Å². The first-order chi connectivity index (χ1) is 7.90. The van der Waals surface area contributed by atoms with Crippen LogP contribution in [0.3, 0.4) is 0 Å². The molecule has 0 fully saturated rings. The minimum atomic E-state index is -0.643. The summed E-state index contributed by atoms with van der Waals surface area (Å²) in [6.45, 7) is 5.26. The highest BCUT2D eigenvalue weighted by Gasteiger charge is 2.24. The molecule has 0 aromatic heterocycles. The van der Waals surface area contributed by atoms with Crippen molar-refractivity contribution < 1.29 is 14.3 Å². The van der Waals surface area contributed by atoms with E-state index in [0.29, 0.717) is 19.7 Å². The van der Waals surface area contributed by atoms with Gasteiger partial charge in [0.1, 0.15) is 0 Å². The van der Waals surface area contributed by atoms with Gasteiger partial charge in [-0.1, -0.05) is 0 Å². The number of nitrogens with one attached hydrogen (secondary N) is 2. The third kappa shape index (κ3) is 7.70. The number of amides is 2. The Labute approximate surface area is 102 Å². The monoisotopic (exact) mass is 245 g/mol. The molecule has 0 aliphatic rings. The number of primary amides is 1. The fourth-order valence-electron chi connectivity index (χ4n) is 1.08. The lowest BCUT2D eigenvalue weighted by atomic mass is 9.93. The van der Waals surface area contributed by atoms with Gasteiger partial charge in [-0.05, 0) is 20.3 Å². The third-order valence-electron chi connectivity index (χ3n) is 2.37. The highest BCUT2D eigenvalue weighted by molar-refractivity contribution is 5.80. The van der Waals surface area contributed by atoms with Crippen LogP contribution in [0.5, 0.6) is 0 Å². The predicted molar refractivity (Wildman–Crippen MR) is 65.3 cm³/mol. The van der Waals surface area contributed by atoms with Crippen LogP contribution >= 0.6 is 0 Å². The summed E-state index contributed by atoms with van der Waals surface area (Å²) in [4.78, 5) is 22.3. The maximum atomic E-state index is 11.3. The van der Waals surface area contributed by atoms with Gasteiger partial charge in [0.15, 0.2) is 0 Å². The summed E-state index contributed by atoms with van der Waals surface area (Å²) in [6.07, 6.45) is 0.787. The Balaban J connectivity index is 3.61. The van der Waals surface area contributed by atoms with Gasteiger partial charge in [-0.3, -0.25) is 9.59 Å². The molecule has 0 saturated heterocycles. The Morgan fingerprint density at radius 3 is 2.53 bits per heavy atom. The second kappa shape index (κ2) is 8.03. The van der Waals surface area contributed by atoms with Gasteiger partial charge in [0.25, 0.3) is 0 Å². The molecule has 17 heavy (non-hydrogen) atoms. The fourth-order valence-corrected chi connectivity index (χ4v) is 1.08. The maximum absolute atomic E-state index is 11.3. The molecule has 4 N–H and O–H groups in total. The van der Waals surface area contributed by atoms with Crippen molar-refractivity contribution >= 4 is 11.8 Å². The second-order valence-electron chi connectivity index (χ2n) is 4.55. The molecule has 0 saturated carbocycles. The van der Waals surface area contributed by atoms with Crippen molar-refractivity contribution in [3.63, 3.8) is 0 Å². The Hall–Kier alpha value is -1.14. The number of carbonyl (C=O) groups is 2. The van der Waals surface area contributed by atoms with Gasteiger partial charge >= 0.3 is 0 Å². The van der Waals surface area contributed by atoms with Crippen LogP contribution in [-0.2, 0) is 14.3 Å². The van der Waals surface area contributed by atoms with Crippen LogP contribution in [0, 0.1) is 5.41 Å². The van der Waals surface area contributed by atoms with Crippen molar-refractivity contribution in [2.45, 2.75) is 20.3 Å². The molecular formula is C11H23N3O3. The largest absolute Gasteiger partial charge is 0.385 e. The molecule has 2 amide bonds. The fraction of sp³-hybridized carbons (Fsp3) is 0.818. The van der Waals surface area contributed by atoms with Crippen molar-refractivity contribution in [3.05, 3.63) is 0 Å². The van der Waals surface area contributed by atoms with Crippen LogP contribution in [0.1, 0.15) is 20.3 Å². The quantitative estimate of drug-likeness (QED) is 0.465. The van der Waals surface area contributed by atoms with Crippen molar-refractivity contribution in [3.8, 4) is 0 Å². The Bertz CT molecular complexity index is 254. The highest BCUT2D eigenvalue weighted by Crippen LogP contribution is 2.11. The van der Waals surface area contributed by atoms with Gasteiger partial charge in [0, 0.05) is 26.8 Å². The Morgan fingerprint density at radius 2 is 2.00 bits per heavy atom. The Morgan fingerprint density at radius 1 is 1.35 bits per heavy atom. The van der Waals surface area contributed by atoms with Crippen molar-refractivity contribution in [1.29, 1.82) is 0 Å². The molecule has 0 atom stereocenters. The molecule has 0 aromatic rings. The number of hydrogen-bond donors (Lipinski definition) is 3. The van der Waals surface area contributed by atoms with Gasteiger partial charge in [0.05, 0.1) is 12.0 Å². The summed E-state index contributed by atoms with van der Waals surface area (Å²) in [5.41, 5.74) is 4.56. The lowest BCUT2D eigenvalue weighted by molar-refractivity contribution is -0.126. The average molecular weight is 245 g/mol. The van der Waals surface area contributed by atoms with Gasteiger partial charge in [-0.2, -0.15) is 0 Å². The van der Waals surface area contributed by atoms with E-state index in [2.05, 4.69) is 10.6 Å². The first-order valence-corrected chi connectivity index (χ1v) is 5.66. The average Bonchev–Trinajstić information content (AvgIpc) is 2.24. The van der Waals surface area contributed by atoms with Crippen molar-refractivity contribution in [1.82, 2.24) is 10.6 Å². The minimum absolute atomic E-state index is 0.0960. The molecule has 0 spiro atoms. The van der Waals surface area contributed by atoms with Crippen LogP contribution in [-0.4, -0.2) is 45.2 Å². The number of carbonyl (C=O) groups excluding carboxylic acids is 2. The molecule has 0 bridgehead atoms. The molecule has 6 nitrogen and oxygen atoms in total. The number of rotatable bonds is 9.